The fourth-order valence-corrected chi connectivity index (χ4v) is 9.27. The summed E-state index contributed by atoms with van der Waals surface area (Å²) in [6.45, 7) is 13.0. The van der Waals surface area contributed by atoms with Crippen molar-refractivity contribution < 1.29 is 70.9 Å². The number of methoxy groups -OCH3 is 1. The first kappa shape index (κ1) is 49.0. The van der Waals surface area contributed by atoms with Gasteiger partial charge in [-0.1, -0.05) is 27.7 Å². The van der Waals surface area contributed by atoms with Gasteiger partial charge in [-0.05, 0) is 85.3 Å². The molecule has 63 heavy (non-hydrogen) atoms. The van der Waals surface area contributed by atoms with Crippen LogP contribution in [0, 0.1) is 55.5 Å². The second-order valence-electron chi connectivity index (χ2n) is 17.4. The standard InChI is InChI=1S/C43H57F2N3O15/c1-12-33-43(8)38(62-41(51)63-43)23(4)34(49)21(2)20-42(7,56-11)37(24(5)35(25(6)39(50)60-33)58-31-15-13-26(44)18-28(31)47(52)53)61-40-36(30(46(9)10)17-22(3)57-40)59-32-16-14-27(45)19-29(32)48(54)55/h13-16,18-19,21-25,30,33,35-38,40H,12,17,20H2,1-11H3/t21-,22-,23+,24+,25-,30+,33-,35+,36-,37-,38-,40+,42-,43-/m1/s1. The van der Waals surface area contributed by atoms with Gasteiger partial charge in [0.15, 0.2) is 35.6 Å². The summed E-state index contributed by atoms with van der Waals surface area (Å²) in [6.07, 6.45) is -8.78. The minimum Gasteiger partial charge on any atom is -0.482 e. The van der Waals surface area contributed by atoms with E-state index in [0.29, 0.717) is 12.5 Å². The van der Waals surface area contributed by atoms with Gasteiger partial charge in [0.05, 0.1) is 57.7 Å². The van der Waals surface area contributed by atoms with Crippen molar-refractivity contribution in [3.05, 3.63) is 68.3 Å². The van der Waals surface area contributed by atoms with Gasteiger partial charge in [-0.2, -0.15) is 0 Å². The molecule has 2 aromatic rings. The number of Topliss-reactive ketones (excluding diaryl/α,β-unsaturated/α-hetero) is 1. The zero-order valence-electron chi connectivity index (χ0n) is 37.2. The summed E-state index contributed by atoms with van der Waals surface area (Å²) in [6, 6.07) is 5.01. The van der Waals surface area contributed by atoms with E-state index in [-0.39, 0.29) is 24.4 Å². The third kappa shape index (κ3) is 10.2. The number of rotatable bonds is 11. The van der Waals surface area contributed by atoms with Crippen molar-refractivity contribution in [1.29, 1.82) is 0 Å². The summed E-state index contributed by atoms with van der Waals surface area (Å²) in [7, 11) is 4.91. The van der Waals surface area contributed by atoms with E-state index >= 15 is 0 Å². The van der Waals surface area contributed by atoms with Gasteiger partial charge < -0.3 is 42.8 Å². The number of ketones is 1. The molecule has 0 aliphatic carbocycles. The minimum atomic E-state index is -1.62. The Hall–Kier alpha value is -5.05. The van der Waals surface area contributed by atoms with E-state index in [2.05, 4.69) is 0 Å². The van der Waals surface area contributed by atoms with E-state index < -0.39 is 135 Å². The molecule has 18 nitrogen and oxygen atoms in total. The van der Waals surface area contributed by atoms with Crippen LogP contribution in [0.1, 0.15) is 74.7 Å². The number of benzene rings is 2. The molecular weight excluding hydrogens is 836 g/mol. The van der Waals surface area contributed by atoms with Crippen LogP contribution in [0.4, 0.5) is 25.0 Å². The molecule has 14 atom stereocenters. The molecular formula is C43H57F2N3O15. The van der Waals surface area contributed by atoms with Gasteiger partial charge in [-0.15, -0.1) is 0 Å². The van der Waals surface area contributed by atoms with Crippen molar-refractivity contribution in [2.75, 3.05) is 21.2 Å². The summed E-state index contributed by atoms with van der Waals surface area (Å²) in [5.41, 5.74) is -4.55. The van der Waals surface area contributed by atoms with Crippen molar-refractivity contribution in [3.8, 4) is 11.5 Å². The Morgan fingerprint density at radius 1 is 0.857 bits per heavy atom. The lowest BCUT2D eigenvalue weighted by Crippen LogP contribution is -2.61. The van der Waals surface area contributed by atoms with E-state index in [0.717, 1.165) is 30.3 Å². The Labute approximate surface area is 364 Å². The first-order chi connectivity index (χ1) is 29.5. The van der Waals surface area contributed by atoms with Crippen LogP contribution in [0.2, 0.25) is 0 Å². The smallest absolute Gasteiger partial charge is 0.482 e. The highest BCUT2D eigenvalue weighted by Gasteiger charge is 2.59. The van der Waals surface area contributed by atoms with E-state index in [1.165, 1.54) is 21.0 Å². The number of hydrogen-bond acceptors (Lipinski definition) is 16. The fraction of sp³-hybridized carbons (Fsp3) is 0.651. The number of esters is 1. The maximum absolute atomic E-state index is 14.5. The highest BCUT2D eigenvalue weighted by atomic mass is 19.1. The van der Waals surface area contributed by atoms with Gasteiger partial charge in [-0.25, -0.2) is 13.6 Å². The number of nitro benzene ring substituents is 2. The number of cyclic esters (lactones) is 1. The molecule has 0 saturated carbocycles. The molecule has 0 bridgehead atoms. The molecule has 0 N–H and O–H groups in total. The highest BCUT2D eigenvalue weighted by Crippen LogP contribution is 2.44. The molecule has 3 fully saturated rings. The number of carbonyl (C=O) groups is 3. The number of nitrogens with zero attached hydrogens (tertiary/aromatic N) is 3. The third-order valence-corrected chi connectivity index (χ3v) is 12.7. The average Bonchev–Trinajstić information content (AvgIpc) is 3.54. The number of ether oxygens (including phenoxy) is 8. The zero-order valence-corrected chi connectivity index (χ0v) is 37.2. The predicted molar refractivity (Wildman–Crippen MR) is 218 cm³/mol. The Kier molecular flexibility index (Phi) is 15.1. The van der Waals surface area contributed by atoms with Gasteiger partial charge in [0.25, 0.3) is 0 Å². The van der Waals surface area contributed by atoms with Crippen LogP contribution in [-0.2, 0) is 38.0 Å². The molecule has 0 radical (unpaired) electrons. The fourth-order valence-electron chi connectivity index (χ4n) is 9.27. The zero-order chi connectivity index (χ0) is 46.9. The number of fused-ring (bicyclic) bond motifs is 1. The van der Waals surface area contributed by atoms with Gasteiger partial charge in [-0.3, -0.25) is 29.8 Å². The Balaban J connectivity index is 1.72. The minimum absolute atomic E-state index is 0.0757. The molecule has 3 aliphatic rings. The molecule has 0 spiro atoms. The maximum Gasteiger partial charge on any atom is 0.509 e. The summed E-state index contributed by atoms with van der Waals surface area (Å²) in [5, 5.41) is 24.4. The lowest BCUT2D eigenvalue weighted by atomic mass is 9.74. The summed E-state index contributed by atoms with van der Waals surface area (Å²) >= 11 is 0. The van der Waals surface area contributed by atoms with Crippen LogP contribution in [-0.4, -0.2) is 114 Å². The van der Waals surface area contributed by atoms with Gasteiger partial charge in [0.1, 0.15) is 29.6 Å². The predicted octanol–water partition coefficient (Wildman–Crippen LogP) is 6.96. The third-order valence-electron chi connectivity index (χ3n) is 12.7. The molecule has 3 aliphatic heterocycles. The highest BCUT2D eigenvalue weighted by molar-refractivity contribution is 5.84. The summed E-state index contributed by atoms with van der Waals surface area (Å²) < 4.78 is 78.6. The lowest BCUT2D eigenvalue weighted by Gasteiger charge is -2.49. The molecule has 3 saturated heterocycles. The van der Waals surface area contributed by atoms with E-state index in [1.807, 2.05) is 4.90 Å². The number of nitro groups is 2. The first-order valence-electron chi connectivity index (χ1n) is 20.8. The van der Waals surface area contributed by atoms with Crippen LogP contribution in [0.15, 0.2) is 36.4 Å². The molecule has 5 rings (SSSR count). The van der Waals surface area contributed by atoms with Crippen molar-refractivity contribution in [3.63, 3.8) is 0 Å². The first-order valence-corrected chi connectivity index (χ1v) is 20.8. The topological polar surface area (TPSA) is 215 Å². The summed E-state index contributed by atoms with van der Waals surface area (Å²) in [5.74, 6) is -7.92. The van der Waals surface area contributed by atoms with E-state index in [9.17, 15) is 43.4 Å². The van der Waals surface area contributed by atoms with Crippen molar-refractivity contribution in [1.82, 2.24) is 4.90 Å². The van der Waals surface area contributed by atoms with Crippen molar-refractivity contribution in [2.45, 2.75) is 135 Å². The number of halogens is 2. The van der Waals surface area contributed by atoms with Crippen LogP contribution in [0.25, 0.3) is 0 Å². The largest absolute Gasteiger partial charge is 0.509 e. The van der Waals surface area contributed by atoms with Crippen LogP contribution >= 0.6 is 0 Å². The molecule has 0 amide bonds. The Morgan fingerprint density at radius 3 is 1.92 bits per heavy atom. The number of likely N-dealkylation sites (N-methyl/N-ethyl adjacent to an activating group) is 1. The average molecular weight is 894 g/mol. The molecule has 2 aromatic carbocycles. The quantitative estimate of drug-likeness (QED) is 0.127. The van der Waals surface area contributed by atoms with Crippen molar-refractivity contribution in [2.24, 2.45) is 23.7 Å². The van der Waals surface area contributed by atoms with Gasteiger partial charge in [0.2, 0.25) is 0 Å². The monoisotopic (exact) mass is 893 g/mol. The Morgan fingerprint density at radius 2 is 1.41 bits per heavy atom. The Bertz CT molecular complexity index is 2040. The van der Waals surface area contributed by atoms with Crippen LogP contribution < -0.4 is 9.47 Å². The number of hydrogen-bond donors (Lipinski definition) is 0. The molecule has 348 valence electrons. The van der Waals surface area contributed by atoms with E-state index in [4.69, 9.17) is 37.9 Å². The number of carbonyl (C=O) groups excluding carboxylic acids is 3. The van der Waals surface area contributed by atoms with Gasteiger partial charge in [0, 0.05) is 18.9 Å². The summed E-state index contributed by atoms with van der Waals surface area (Å²) in [4.78, 5) is 66.3. The van der Waals surface area contributed by atoms with Crippen molar-refractivity contribution >= 4 is 29.3 Å². The van der Waals surface area contributed by atoms with Crippen LogP contribution in [0.3, 0.4) is 0 Å². The second kappa shape index (κ2) is 19.4. The van der Waals surface area contributed by atoms with Gasteiger partial charge >= 0.3 is 23.5 Å². The second-order valence-corrected chi connectivity index (χ2v) is 17.4. The molecule has 3 heterocycles. The van der Waals surface area contributed by atoms with E-state index in [1.54, 1.807) is 55.6 Å². The van der Waals surface area contributed by atoms with Crippen LogP contribution in [0.5, 0.6) is 11.5 Å². The molecule has 20 heteroatoms. The normalized spacial score (nSPS) is 35.4. The maximum atomic E-state index is 14.5. The SMILES string of the molecule is CC[C@H]1OC(=O)[C@H](C)[C@@H](Oc2ccc(F)cc2[N+](=O)[O-])[C@H](C)[C@@H](O[C@@H]2O[C@H](C)C[C@H](N(C)C)[C@H]2Oc2ccc(F)cc2[N+](=O)[O-])[C@](C)(OC)C[C@@H](C)C(=O)[C@H](C)[C@H]2OC(=O)O[C@@]21C. The molecule has 0 aromatic heterocycles. The molecule has 0 unspecified atom stereocenters. The lowest BCUT2D eigenvalue weighted by molar-refractivity contribution is -0.387.